The van der Waals surface area contributed by atoms with E-state index < -0.39 is 0 Å². The number of aromatic nitrogens is 2. The van der Waals surface area contributed by atoms with E-state index in [2.05, 4.69) is 27.4 Å². The van der Waals surface area contributed by atoms with E-state index in [9.17, 15) is 4.79 Å². The van der Waals surface area contributed by atoms with Gasteiger partial charge in [0, 0.05) is 18.8 Å². The van der Waals surface area contributed by atoms with Crippen LogP contribution < -0.4 is 5.32 Å². The number of nitrogens with zero attached hydrogens (tertiary/aromatic N) is 1. The Hall–Kier alpha value is -2.10. The fourth-order valence-electron chi connectivity index (χ4n) is 2.20. The molecule has 0 spiro atoms. The van der Waals surface area contributed by atoms with Crippen LogP contribution in [0.4, 0.5) is 0 Å². The Morgan fingerprint density at radius 2 is 2.15 bits per heavy atom. The lowest BCUT2D eigenvalue weighted by atomic mass is 10.1. The van der Waals surface area contributed by atoms with Gasteiger partial charge in [0.15, 0.2) is 0 Å². The first-order valence-electron chi connectivity index (χ1n) is 7.12. The maximum absolute atomic E-state index is 11.9. The summed E-state index contributed by atoms with van der Waals surface area (Å²) in [5, 5.41) is 3.02. The maximum atomic E-state index is 11.9. The van der Waals surface area contributed by atoms with Gasteiger partial charge in [0.05, 0.1) is 6.04 Å². The number of amides is 1. The average molecular weight is 271 g/mol. The van der Waals surface area contributed by atoms with Gasteiger partial charge in [-0.1, -0.05) is 37.3 Å². The van der Waals surface area contributed by atoms with Gasteiger partial charge in [0.1, 0.15) is 5.82 Å². The highest BCUT2D eigenvalue weighted by atomic mass is 16.1. The van der Waals surface area contributed by atoms with Gasteiger partial charge in [-0.25, -0.2) is 4.98 Å². The van der Waals surface area contributed by atoms with Crippen LogP contribution in [0, 0.1) is 0 Å². The first-order valence-corrected chi connectivity index (χ1v) is 7.12. The zero-order valence-corrected chi connectivity index (χ0v) is 11.8. The van der Waals surface area contributed by atoms with E-state index in [1.54, 1.807) is 12.4 Å². The van der Waals surface area contributed by atoms with E-state index in [4.69, 9.17) is 0 Å². The van der Waals surface area contributed by atoms with Gasteiger partial charge >= 0.3 is 0 Å². The number of hydrogen-bond donors (Lipinski definition) is 2. The largest absolute Gasteiger partial charge is 0.347 e. The van der Waals surface area contributed by atoms with Crippen LogP contribution in [0.1, 0.15) is 43.6 Å². The number of hydrogen-bond acceptors (Lipinski definition) is 2. The van der Waals surface area contributed by atoms with Gasteiger partial charge in [0.2, 0.25) is 5.91 Å². The normalized spacial score (nSPS) is 12.1. The summed E-state index contributed by atoms with van der Waals surface area (Å²) in [4.78, 5) is 19.2. The number of H-pyrrole nitrogens is 1. The second-order valence-corrected chi connectivity index (χ2v) is 4.84. The molecule has 0 fully saturated rings. The number of rotatable bonds is 7. The van der Waals surface area contributed by atoms with Crippen molar-refractivity contribution in [1.29, 1.82) is 0 Å². The van der Waals surface area contributed by atoms with Crippen LogP contribution in [-0.2, 0) is 11.2 Å². The monoisotopic (exact) mass is 271 g/mol. The Morgan fingerprint density at radius 3 is 2.80 bits per heavy atom. The summed E-state index contributed by atoms with van der Waals surface area (Å²) < 4.78 is 0. The number of carbonyl (C=O) groups is 1. The lowest BCUT2D eigenvalue weighted by Gasteiger charge is -2.14. The summed E-state index contributed by atoms with van der Waals surface area (Å²) in [7, 11) is 0. The summed E-state index contributed by atoms with van der Waals surface area (Å²) in [5.74, 6) is 0.910. The van der Waals surface area contributed by atoms with Crippen molar-refractivity contribution in [3.63, 3.8) is 0 Å². The SMILES string of the molecule is CCC(NC(=O)CCCc1ccccc1)c1ncc[nH]1. The van der Waals surface area contributed by atoms with Crippen LogP contribution in [0.25, 0.3) is 0 Å². The van der Waals surface area contributed by atoms with Crippen LogP contribution in [-0.4, -0.2) is 15.9 Å². The summed E-state index contributed by atoms with van der Waals surface area (Å²) in [6.45, 7) is 2.04. The molecule has 2 N–H and O–H groups in total. The Labute approximate surface area is 119 Å². The quantitative estimate of drug-likeness (QED) is 0.813. The van der Waals surface area contributed by atoms with E-state index in [1.165, 1.54) is 5.56 Å². The van der Waals surface area contributed by atoms with Crippen molar-refractivity contribution < 1.29 is 4.79 Å². The van der Waals surface area contributed by atoms with Gasteiger partial charge in [-0.15, -0.1) is 0 Å². The van der Waals surface area contributed by atoms with E-state index in [0.29, 0.717) is 6.42 Å². The van der Waals surface area contributed by atoms with Gasteiger partial charge in [-0.2, -0.15) is 0 Å². The standard InChI is InChI=1S/C16H21N3O/c1-2-14(16-17-11-12-18-16)19-15(20)10-6-9-13-7-4-3-5-8-13/h3-5,7-8,11-12,14H,2,6,9-10H2,1H3,(H,17,18)(H,19,20). The molecule has 0 aliphatic rings. The molecule has 2 rings (SSSR count). The van der Waals surface area contributed by atoms with Crippen molar-refractivity contribution in [1.82, 2.24) is 15.3 Å². The highest BCUT2D eigenvalue weighted by molar-refractivity contribution is 5.76. The molecule has 0 radical (unpaired) electrons. The van der Waals surface area contributed by atoms with E-state index in [0.717, 1.165) is 25.1 Å². The highest BCUT2D eigenvalue weighted by Crippen LogP contribution is 2.12. The maximum Gasteiger partial charge on any atom is 0.220 e. The molecule has 2 aromatic rings. The van der Waals surface area contributed by atoms with Crippen LogP contribution >= 0.6 is 0 Å². The molecule has 1 unspecified atom stereocenters. The van der Waals surface area contributed by atoms with Crippen molar-refractivity contribution in [2.75, 3.05) is 0 Å². The third-order valence-corrected chi connectivity index (χ3v) is 3.31. The van der Waals surface area contributed by atoms with Gasteiger partial charge in [-0.3, -0.25) is 4.79 Å². The van der Waals surface area contributed by atoms with E-state index in [-0.39, 0.29) is 11.9 Å². The Kier molecular flexibility index (Phi) is 5.35. The molecule has 0 bridgehead atoms. The molecule has 1 atom stereocenters. The lowest BCUT2D eigenvalue weighted by Crippen LogP contribution is -2.28. The number of aryl methyl sites for hydroxylation is 1. The van der Waals surface area contributed by atoms with Crippen LogP contribution in [0.3, 0.4) is 0 Å². The average Bonchev–Trinajstić information content (AvgIpc) is 3.00. The molecule has 4 heteroatoms. The molecule has 1 amide bonds. The van der Waals surface area contributed by atoms with Crippen molar-refractivity contribution >= 4 is 5.91 Å². The topological polar surface area (TPSA) is 57.8 Å². The molecule has 4 nitrogen and oxygen atoms in total. The second-order valence-electron chi connectivity index (χ2n) is 4.84. The third-order valence-electron chi connectivity index (χ3n) is 3.31. The van der Waals surface area contributed by atoms with Gasteiger partial charge in [0.25, 0.3) is 0 Å². The summed E-state index contributed by atoms with van der Waals surface area (Å²) in [6.07, 6.45) is 6.67. The fraction of sp³-hybridized carbons (Fsp3) is 0.375. The van der Waals surface area contributed by atoms with Crippen molar-refractivity contribution in [3.8, 4) is 0 Å². The molecule has 1 aromatic heterocycles. The molecule has 0 aliphatic carbocycles. The lowest BCUT2D eigenvalue weighted by molar-refractivity contribution is -0.122. The van der Waals surface area contributed by atoms with Crippen molar-refractivity contribution in [2.45, 2.75) is 38.6 Å². The van der Waals surface area contributed by atoms with Crippen LogP contribution in [0.2, 0.25) is 0 Å². The number of carbonyl (C=O) groups excluding carboxylic acids is 1. The number of aromatic amines is 1. The molecule has 1 aromatic carbocycles. The minimum Gasteiger partial charge on any atom is -0.347 e. The molecule has 0 saturated heterocycles. The molecule has 1 heterocycles. The molecule has 20 heavy (non-hydrogen) atoms. The minimum atomic E-state index is -0.0192. The minimum absolute atomic E-state index is 0.0192. The van der Waals surface area contributed by atoms with E-state index in [1.807, 2.05) is 25.1 Å². The van der Waals surface area contributed by atoms with Crippen LogP contribution in [0.5, 0.6) is 0 Å². The van der Waals surface area contributed by atoms with Crippen LogP contribution in [0.15, 0.2) is 42.7 Å². The zero-order chi connectivity index (χ0) is 14.2. The summed E-state index contributed by atoms with van der Waals surface area (Å²) in [5.41, 5.74) is 1.28. The fourth-order valence-corrected chi connectivity index (χ4v) is 2.20. The molecular weight excluding hydrogens is 250 g/mol. The second kappa shape index (κ2) is 7.48. The predicted molar refractivity (Wildman–Crippen MR) is 79.1 cm³/mol. The number of benzene rings is 1. The van der Waals surface area contributed by atoms with Gasteiger partial charge < -0.3 is 10.3 Å². The Balaban J connectivity index is 1.75. The number of imidazole rings is 1. The van der Waals surface area contributed by atoms with Gasteiger partial charge in [-0.05, 0) is 24.8 Å². The van der Waals surface area contributed by atoms with Crippen molar-refractivity contribution in [2.24, 2.45) is 0 Å². The highest BCUT2D eigenvalue weighted by Gasteiger charge is 2.14. The van der Waals surface area contributed by atoms with E-state index >= 15 is 0 Å². The van der Waals surface area contributed by atoms with Crippen molar-refractivity contribution in [3.05, 3.63) is 54.1 Å². The Bertz CT molecular complexity index is 508. The first kappa shape index (κ1) is 14.3. The molecular formula is C16H21N3O. The predicted octanol–water partition coefficient (Wildman–Crippen LogP) is 3.00. The molecule has 0 saturated carbocycles. The zero-order valence-electron chi connectivity index (χ0n) is 11.8. The first-order chi connectivity index (χ1) is 9.79. The Morgan fingerprint density at radius 1 is 1.35 bits per heavy atom. The molecule has 106 valence electrons. The smallest absolute Gasteiger partial charge is 0.220 e. The molecule has 0 aliphatic heterocycles. The number of nitrogens with one attached hydrogen (secondary N) is 2. The summed E-state index contributed by atoms with van der Waals surface area (Å²) >= 11 is 0. The third kappa shape index (κ3) is 4.23. The summed E-state index contributed by atoms with van der Waals surface area (Å²) in [6, 6.07) is 10.2.